The van der Waals surface area contributed by atoms with Crippen LogP contribution < -0.4 is 5.32 Å². The van der Waals surface area contributed by atoms with Crippen LogP contribution in [-0.4, -0.2) is 33.9 Å². The molecule has 1 aromatic heterocycles. The number of rotatable bonds is 4. The summed E-state index contributed by atoms with van der Waals surface area (Å²) in [6, 6.07) is 1.86. The maximum atomic E-state index is 11.7. The van der Waals surface area contributed by atoms with Gasteiger partial charge in [0.05, 0.1) is 12.2 Å². The summed E-state index contributed by atoms with van der Waals surface area (Å²) in [4.78, 5) is 22.0. The van der Waals surface area contributed by atoms with Gasteiger partial charge in [-0.25, -0.2) is 9.97 Å². The third-order valence-electron chi connectivity index (χ3n) is 2.81. The Morgan fingerprint density at radius 3 is 3.06 bits per heavy atom. The molecule has 17 heavy (non-hydrogen) atoms. The molecular weight excluding hydrogens is 216 g/mol. The Bertz CT molecular complexity index is 407. The van der Waals surface area contributed by atoms with Gasteiger partial charge in [0.1, 0.15) is 0 Å². The van der Waals surface area contributed by atoms with Gasteiger partial charge in [-0.2, -0.15) is 0 Å². The van der Waals surface area contributed by atoms with Crippen molar-refractivity contribution in [2.45, 2.75) is 26.8 Å². The molecule has 1 saturated heterocycles. The Hall–Kier alpha value is -1.65. The van der Waals surface area contributed by atoms with E-state index in [1.165, 1.54) is 0 Å². The zero-order chi connectivity index (χ0) is 12.3. The first kappa shape index (κ1) is 11.8. The van der Waals surface area contributed by atoms with Crippen LogP contribution in [0, 0.1) is 5.92 Å². The lowest BCUT2D eigenvalue weighted by molar-refractivity contribution is -0.128. The molecule has 0 aliphatic carbocycles. The van der Waals surface area contributed by atoms with Crippen LogP contribution >= 0.6 is 0 Å². The highest BCUT2D eigenvalue weighted by Crippen LogP contribution is 2.18. The minimum atomic E-state index is 0.223. The maximum absolute atomic E-state index is 11.7. The third-order valence-corrected chi connectivity index (χ3v) is 2.81. The summed E-state index contributed by atoms with van der Waals surface area (Å²) in [5, 5.41) is 3.07. The van der Waals surface area contributed by atoms with Crippen LogP contribution in [0.15, 0.2) is 12.3 Å². The second-order valence-electron chi connectivity index (χ2n) is 4.49. The fraction of sp³-hybridized carbons (Fsp3) is 0.583. The standard InChI is InChI=1S/C12H18N4O/c1-3-13-12-14-5-4-10(15-12)8-16-7-9(2)6-11(16)17/h4-5,9H,3,6-8H2,1-2H3,(H,13,14,15). The summed E-state index contributed by atoms with van der Waals surface area (Å²) in [5.74, 6) is 1.31. The third kappa shape index (κ3) is 2.93. The van der Waals surface area contributed by atoms with Gasteiger partial charge in [-0.1, -0.05) is 6.92 Å². The highest BCUT2D eigenvalue weighted by Gasteiger charge is 2.26. The molecule has 1 atom stereocenters. The summed E-state index contributed by atoms with van der Waals surface area (Å²) < 4.78 is 0. The molecule has 0 aromatic carbocycles. The minimum Gasteiger partial charge on any atom is -0.354 e. The summed E-state index contributed by atoms with van der Waals surface area (Å²) in [6.07, 6.45) is 2.38. The summed E-state index contributed by atoms with van der Waals surface area (Å²) in [6.45, 7) is 6.32. The van der Waals surface area contributed by atoms with Gasteiger partial charge < -0.3 is 10.2 Å². The Morgan fingerprint density at radius 1 is 1.59 bits per heavy atom. The Balaban J connectivity index is 2.03. The average molecular weight is 234 g/mol. The largest absolute Gasteiger partial charge is 0.354 e. The van der Waals surface area contributed by atoms with Crippen LogP contribution in [0.4, 0.5) is 5.95 Å². The van der Waals surface area contributed by atoms with E-state index in [0.717, 1.165) is 18.8 Å². The number of nitrogens with one attached hydrogen (secondary N) is 1. The van der Waals surface area contributed by atoms with E-state index >= 15 is 0 Å². The molecule has 1 amide bonds. The molecule has 0 saturated carbocycles. The van der Waals surface area contributed by atoms with Crippen molar-refractivity contribution in [1.82, 2.24) is 14.9 Å². The van der Waals surface area contributed by atoms with Gasteiger partial charge in [0, 0.05) is 25.7 Å². The number of amides is 1. The number of carbonyl (C=O) groups excluding carboxylic acids is 1. The Morgan fingerprint density at radius 2 is 2.41 bits per heavy atom. The van der Waals surface area contributed by atoms with Gasteiger partial charge in [-0.3, -0.25) is 4.79 Å². The van der Waals surface area contributed by atoms with E-state index < -0.39 is 0 Å². The summed E-state index contributed by atoms with van der Waals surface area (Å²) in [5.41, 5.74) is 0.887. The van der Waals surface area contributed by atoms with Crippen LogP contribution in [0.1, 0.15) is 26.0 Å². The highest BCUT2D eigenvalue weighted by atomic mass is 16.2. The van der Waals surface area contributed by atoms with Crippen molar-refractivity contribution in [2.75, 3.05) is 18.4 Å². The van der Waals surface area contributed by atoms with E-state index in [2.05, 4.69) is 22.2 Å². The van der Waals surface area contributed by atoms with Crippen molar-refractivity contribution in [1.29, 1.82) is 0 Å². The number of nitrogens with zero attached hydrogens (tertiary/aromatic N) is 3. The number of anilines is 1. The SMILES string of the molecule is CCNc1nccc(CN2CC(C)CC2=O)n1. The normalized spacial score (nSPS) is 19.8. The Labute approximate surface area is 101 Å². The Kier molecular flexibility index (Phi) is 3.56. The molecule has 0 spiro atoms. The number of hydrogen-bond acceptors (Lipinski definition) is 4. The molecule has 5 heteroatoms. The summed E-state index contributed by atoms with van der Waals surface area (Å²) in [7, 11) is 0. The fourth-order valence-corrected chi connectivity index (χ4v) is 2.05. The first-order valence-electron chi connectivity index (χ1n) is 6.02. The predicted octanol–water partition coefficient (Wildman–Crippen LogP) is 1.28. The van der Waals surface area contributed by atoms with Crippen molar-refractivity contribution in [3.63, 3.8) is 0 Å². The zero-order valence-corrected chi connectivity index (χ0v) is 10.3. The molecule has 1 unspecified atom stereocenters. The van der Waals surface area contributed by atoms with Crippen molar-refractivity contribution < 1.29 is 4.79 Å². The lowest BCUT2D eigenvalue weighted by atomic mass is 10.2. The second-order valence-corrected chi connectivity index (χ2v) is 4.49. The van der Waals surface area contributed by atoms with Crippen LogP contribution in [0.5, 0.6) is 0 Å². The minimum absolute atomic E-state index is 0.223. The van der Waals surface area contributed by atoms with Crippen molar-refractivity contribution in [3.05, 3.63) is 18.0 Å². The maximum Gasteiger partial charge on any atom is 0.223 e. The molecule has 0 radical (unpaired) electrons. The quantitative estimate of drug-likeness (QED) is 0.852. The van der Waals surface area contributed by atoms with Gasteiger partial charge in [-0.15, -0.1) is 0 Å². The second kappa shape index (κ2) is 5.12. The molecule has 1 aliphatic rings. The predicted molar refractivity (Wildman–Crippen MR) is 65.4 cm³/mol. The molecule has 5 nitrogen and oxygen atoms in total. The van der Waals surface area contributed by atoms with Crippen LogP contribution in [0.3, 0.4) is 0 Å². The number of aromatic nitrogens is 2. The monoisotopic (exact) mass is 234 g/mol. The van der Waals surface area contributed by atoms with Crippen molar-refractivity contribution >= 4 is 11.9 Å². The van der Waals surface area contributed by atoms with Gasteiger partial charge >= 0.3 is 0 Å². The van der Waals surface area contributed by atoms with E-state index in [1.807, 2.05) is 17.9 Å². The fourth-order valence-electron chi connectivity index (χ4n) is 2.05. The number of carbonyl (C=O) groups is 1. The van der Waals surface area contributed by atoms with Crippen molar-refractivity contribution in [3.8, 4) is 0 Å². The van der Waals surface area contributed by atoms with Crippen LogP contribution in [-0.2, 0) is 11.3 Å². The average Bonchev–Trinajstić information content (AvgIpc) is 2.58. The smallest absolute Gasteiger partial charge is 0.223 e. The molecular formula is C12H18N4O. The molecule has 1 aromatic rings. The first-order valence-corrected chi connectivity index (χ1v) is 6.02. The van der Waals surface area contributed by atoms with Gasteiger partial charge in [0.15, 0.2) is 0 Å². The molecule has 2 heterocycles. The van der Waals surface area contributed by atoms with Gasteiger partial charge in [-0.05, 0) is 18.9 Å². The highest BCUT2D eigenvalue weighted by molar-refractivity contribution is 5.78. The van der Waals surface area contributed by atoms with E-state index in [1.54, 1.807) is 6.20 Å². The van der Waals surface area contributed by atoms with E-state index in [-0.39, 0.29) is 5.91 Å². The van der Waals surface area contributed by atoms with E-state index in [0.29, 0.717) is 24.8 Å². The van der Waals surface area contributed by atoms with E-state index in [9.17, 15) is 4.79 Å². The van der Waals surface area contributed by atoms with Gasteiger partial charge in [0.2, 0.25) is 11.9 Å². The zero-order valence-electron chi connectivity index (χ0n) is 10.3. The molecule has 1 fully saturated rings. The molecule has 1 N–H and O–H groups in total. The lowest BCUT2D eigenvalue weighted by Gasteiger charge is -2.15. The van der Waals surface area contributed by atoms with Crippen LogP contribution in [0.2, 0.25) is 0 Å². The number of likely N-dealkylation sites (tertiary alicyclic amines) is 1. The summed E-state index contributed by atoms with van der Waals surface area (Å²) >= 11 is 0. The number of hydrogen-bond donors (Lipinski definition) is 1. The molecule has 92 valence electrons. The first-order chi connectivity index (χ1) is 8.19. The van der Waals surface area contributed by atoms with Gasteiger partial charge in [0.25, 0.3) is 0 Å². The molecule has 0 bridgehead atoms. The lowest BCUT2D eigenvalue weighted by Crippen LogP contribution is -2.25. The molecule has 1 aliphatic heterocycles. The van der Waals surface area contributed by atoms with Crippen LogP contribution in [0.25, 0.3) is 0 Å². The molecule has 2 rings (SSSR count). The van der Waals surface area contributed by atoms with Crippen molar-refractivity contribution in [2.24, 2.45) is 5.92 Å². The topological polar surface area (TPSA) is 58.1 Å². The van der Waals surface area contributed by atoms with E-state index in [4.69, 9.17) is 0 Å².